The number of carboxylic acid groups (broad SMARTS) is 1. The molecule has 0 radical (unpaired) electrons. The van der Waals surface area contributed by atoms with Gasteiger partial charge in [-0.25, -0.2) is 14.4 Å². The summed E-state index contributed by atoms with van der Waals surface area (Å²) in [4.78, 5) is 175. The third-order valence-corrected chi connectivity index (χ3v) is 27.1. The molecule has 0 saturated carbocycles. The molecule has 676 valence electrons. The molecule has 3 saturated heterocycles. The number of phenolic OH excluding ortho intramolecular Hbond substituents is 1. The van der Waals surface area contributed by atoms with Crippen LogP contribution in [0, 0.1) is 5.92 Å². The van der Waals surface area contributed by atoms with Crippen LogP contribution in [0.2, 0.25) is 5.02 Å². The Morgan fingerprint density at radius 3 is 2.14 bits per heavy atom. The third-order valence-electron chi connectivity index (χ3n) is 21.8. The van der Waals surface area contributed by atoms with Gasteiger partial charge in [-0.2, -0.15) is 0 Å². The lowest BCUT2D eigenvalue weighted by Gasteiger charge is -2.42. The Kier molecular flexibility index (Phi) is 37.9. The van der Waals surface area contributed by atoms with Gasteiger partial charge in [-0.05, 0) is 126 Å². The van der Waals surface area contributed by atoms with Crippen molar-refractivity contribution in [1.29, 1.82) is 0 Å². The van der Waals surface area contributed by atoms with Gasteiger partial charge in [0.25, 0.3) is 0 Å². The fourth-order valence-electron chi connectivity index (χ4n) is 14.1. The normalized spacial score (nSPS) is 23.6. The predicted molar refractivity (Wildman–Crippen MR) is 474 cm³/mol. The lowest BCUT2D eigenvalue weighted by Crippen LogP contribution is -2.63. The second-order valence-corrected chi connectivity index (χ2v) is 36.6. The van der Waals surface area contributed by atoms with Crippen LogP contribution in [0.4, 0.5) is 10.5 Å². The monoisotopic (exact) mass is 1820 g/mol. The van der Waals surface area contributed by atoms with E-state index in [1.54, 1.807) is 108 Å². The second kappa shape index (κ2) is 47.1. The zero-order valence-electron chi connectivity index (χ0n) is 71.0. The number of aliphatic carboxylic acids is 1. The minimum absolute atomic E-state index is 0.0508. The number of carbonyl (C=O) groups is 12. The number of nitrogens with zero attached hydrogens (tertiary/aromatic N) is 2. The van der Waals surface area contributed by atoms with Crippen LogP contribution in [0.15, 0.2) is 121 Å². The molecule has 4 aromatic carbocycles. The number of rotatable bonds is 37. The molecule has 3 fully saturated rings. The van der Waals surface area contributed by atoms with E-state index < -0.39 is 173 Å². The van der Waals surface area contributed by atoms with Crippen LogP contribution in [0.1, 0.15) is 109 Å². The average molecular weight is 1820 g/mol. The highest BCUT2D eigenvalue weighted by atomic mass is 35.5. The molecule has 1 aromatic heterocycles. The molecule has 0 spiro atoms. The number of nitrogens with two attached hydrogens (primary N) is 2. The van der Waals surface area contributed by atoms with Crippen molar-refractivity contribution in [3.63, 3.8) is 0 Å². The Balaban J connectivity index is 0.909. The Morgan fingerprint density at radius 2 is 1.47 bits per heavy atom. The van der Waals surface area contributed by atoms with Crippen molar-refractivity contribution in [2.45, 2.75) is 209 Å². The number of aromatic nitrogens is 1. The zero-order chi connectivity index (χ0) is 90.9. The van der Waals surface area contributed by atoms with Gasteiger partial charge in [-0.1, -0.05) is 153 Å². The van der Waals surface area contributed by atoms with Crippen molar-refractivity contribution in [1.82, 2.24) is 52.4 Å². The number of aromatic hydroxyl groups is 1. The summed E-state index contributed by atoms with van der Waals surface area (Å²) in [6, 6.07) is 12.1. The quantitative estimate of drug-likeness (QED) is 0.00823. The van der Waals surface area contributed by atoms with E-state index in [0.29, 0.717) is 56.9 Å². The molecule has 3 aliphatic rings. The molecule has 5 aromatic rings. The zero-order valence-corrected chi connectivity index (χ0v) is 75.0. The standard InChI is InChI=1S/C85H114ClN13O21S4/c1-12-69(102)99(9)65-38-53(39-66(116-10)71(65)86)35-46(2)21-20-27-68(117-11)85(115)41-67(119-83(114)97-85)47(3)73-84(7,120-73)50(6)118-82(113)48(4)98(8)70(103)32-34-121-122-45-64(81(111)112)95-79(109)63-44-124-123-43-62(93-74(104)57(88)36-51-22-14-13-15-23-51)78(108)91-60(37-52-28-30-55(101)31-29-52)76(106)92-61(40-54-42-89-58-25-17-16-24-56(54)58)77(107)90-59(26-18-19-33-87)75(105)96-72(49(5)100)80(110)94-63/h13-17,20-25,27-31,38-39,42,47-50,57,59-64,67-68,72-73,89,100-101,115H,12,18-19,26,32-37,40-41,43-45,87-88H2,1-11H3,(H,90,107)(H,91,108)(H,92,106)(H,93,104)(H,94,110)(H,95,109)(H,96,105)(H,97,114)(H,111,112)/b27-20+,46-21+/t47-,48+,49-,50+,57-,59+,60+,61-,62+,63+,64+,67+,68-,72+,73+,84+,85+/m1/s1. The predicted octanol–water partition coefficient (Wildman–Crippen LogP) is 4.94. The summed E-state index contributed by atoms with van der Waals surface area (Å²) in [7, 11) is 9.82. The number of hydrogen-bond donors (Lipinski definition) is 15. The van der Waals surface area contributed by atoms with E-state index in [9.17, 15) is 73.2 Å². The molecule has 4 heterocycles. The molecule has 0 aliphatic carbocycles. The first kappa shape index (κ1) is 99.8. The maximum atomic E-state index is 15.0. The van der Waals surface area contributed by atoms with Crippen molar-refractivity contribution in [3.05, 3.63) is 148 Å². The third kappa shape index (κ3) is 27.9. The first-order valence-electron chi connectivity index (χ1n) is 40.6. The maximum absolute atomic E-state index is 15.0. The molecule has 8 rings (SSSR count). The first-order valence-corrected chi connectivity index (χ1v) is 46.0. The number of hydrogen-bond acceptors (Lipinski definition) is 26. The highest BCUT2D eigenvalue weighted by Crippen LogP contribution is 2.48. The summed E-state index contributed by atoms with van der Waals surface area (Å²) >= 11 is 6.59. The molecule has 0 unspecified atom stereocenters. The van der Waals surface area contributed by atoms with E-state index in [1.165, 1.54) is 69.2 Å². The van der Waals surface area contributed by atoms with E-state index in [-0.39, 0.29) is 86.8 Å². The van der Waals surface area contributed by atoms with Crippen LogP contribution in [0.5, 0.6) is 11.5 Å². The highest BCUT2D eigenvalue weighted by Gasteiger charge is 2.63. The number of aliphatic hydroxyl groups is 2. The van der Waals surface area contributed by atoms with Gasteiger partial charge in [-0.3, -0.25) is 48.5 Å². The lowest BCUT2D eigenvalue weighted by molar-refractivity contribution is -0.159. The smallest absolute Gasteiger partial charge is 0.409 e. The number of para-hydroxylation sites is 1. The summed E-state index contributed by atoms with van der Waals surface area (Å²) in [5.41, 5.74) is 13.9. The number of carbonyl (C=O) groups excluding carboxylic acids is 11. The topological polar surface area (TPSA) is 506 Å². The number of benzene rings is 4. The fraction of sp³-hybridized carbons (Fsp3) is 0.506. The van der Waals surface area contributed by atoms with Crippen molar-refractivity contribution in [2.75, 3.05) is 62.8 Å². The minimum Gasteiger partial charge on any atom is -0.508 e. The van der Waals surface area contributed by atoms with Gasteiger partial charge in [0.05, 0.1) is 31.0 Å². The number of phenols is 1. The number of fused-ring (bicyclic) bond motifs is 1. The van der Waals surface area contributed by atoms with Crippen molar-refractivity contribution in [3.8, 4) is 11.5 Å². The number of allylic oxidation sites excluding steroid dienone is 3. The van der Waals surface area contributed by atoms with E-state index in [4.69, 9.17) is 46.8 Å². The number of H-pyrrole nitrogens is 1. The number of aliphatic hydroxyl groups excluding tert-OH is 1. The van der Waals surface area contributed by atoms with Gasteiger partial charge in [0.2, 0.25) is 53.2 Å². The molecule has 0 bridgehead atoms. The highest BCUT2D eigenvalue weighted by molar-refractivity contribution is 8.77. The van der Waals surface area contributed by atoms with Crippen molar-refractivity contribution >= 4 is 143 Å². The van der Waals surface area contributed by atoms with Gasteiger partial charge in [0, 0.05) is 99.3 Å². The number of amides is 10. The second-order valence-electron chi connectivity index (χ2n) is 31.1. The largest absolute Gasteiger partial charge is 0.508 e. The molecule has 3 aliphatic heterocycles. The fourth-order valence-corrected chi connectivity index (χ4v) is 18.9. The number of nitrogens with one attached hydrogen (secondary N) is 9. The SMILES string of the molecule is CCC(=O)N(C)c1cc(C/C(C)=C/C=C/[C@@H](OC)[C@@]2(O)C[C@@H]([C@@H](C)[C@@H]3O[C@@]3(C)[C@H](C)OC(=O)[C@H](C)N(C)C(=O)CCSSC[C@H](NC(=O)[C@@H]3CSSC[C@H](NC(=O)[C@H](N)Cc4ccccc4)C(=O)N[C@@H](Cc4ccc(O)cc4)C(=O)N[C@H](Cc4c[nH]c5ccccc45)C(=O)N[C@@H](CCCCN)C(=O)N[C@@H]([C@@H](C)O)C(=O)N3)C(=O)O)OC(=O)N2)cc(OC)c1Cl. The van der Waals surface area contributed by atoms with Crippen LogP contribution in [0.25, 0.3) is 10.9 Å². The number of epoxide rings is 1. The Morgan fingerprint density at radius 1 is 0.806 bits per heavy atom. The molecular weight excluding hydrogens is 1700 g/mol. The summed E-state index contributed by atoms with van der Waals surface area (Å²) in [6.45, 7) is 11.6. The molecule has 17 atom stereocenters. The van der Waals surface area contributed by atoms with Gasteiger partial charge in [0.15, 0.2) is 5.72 Å². The number of esters is 1. The van der Waals surface area contributed by atoms with Crippen LogP contribution in [-0.2, 0) is 97.4 Å². The lowest BCUT2D eigenvalue weighted by atomic mass is 9.84. The number of ether oxygens (including phenoxy) is 5. The maximum Gasteiger partial charge on any atom is 0.409 e. The number of likely N-dealkylation sites (N-methyl/N-ethyl adjacent to an activating group) is 1. The van der Waals surface area contributed by atoms with Gasteiger partial charge >= 0.3 is 18.0 Å². The van der Waals surface area contributed by atoms with Gasteiger partial charge < -0.3 is 108 Å². The van der Waals surface area contributed by atoms with Crippen LogP contribution in [-0.4, -0.2) is 256 Å². The average Bonchev–Trinajstić information content (AvgIpc) is 1.57. The Hall–Kier alpha value is -9.61. The van der Waals surface area contributed by atoms with E-state index in [2.05, 4.69) is 47.5 Å². The van der Waals surface area contributed by atoms with Gasteiger partial charge in [-0.15, -0.1) is 0 Å². The number of aromatic amines is 1. The number of anilines is 1. The summed E-state index contributed by atoms with van der Waals surface area (Å²) in [6.07, 6.45) is 1.34. The summed E-state index contributed by atoms with van der Waals surface area (Å²) in [5, 5.41) is 66.1. The van der Waals surface area contributed by atoms with Crippen LogP contribution < -0.4 is 63.6 Å². The number of halogens is 1. The van der Waals surface area contributed by atoms with Crippen molar-refractivity contribution in [2.24, 2.45) is 17.4 Å². The van der Waals surface area contributed by atoms with Gasteiger partial charge in [0.1, 0.15) is 88.8 Å². The number of unbranched alkanes of at least 4 members (excludes halogenated alkanes) is 1. The number of alkyl carbamates (subject to hydrolysis) is 1. The molecular formula is C85H114ClN13O21S4. The Labute approximate surface area is 741 Å². The van der Waals surface area contributed by atoms with Crippen LogP contribution >= 0.6 is 54.8 Å². The number of methoxy groups -OCH3 is 2. The number of cyclic esters (lactones) is 1. The van der Waals surface area contributed by atoms with Crippen molar-refractivity contribution < 1.29 is 102 Å². The van der Waals surface area contributed by atoms with E-state index in [0.717, 1.165) is 54.3 Å². The molecule has 39 heteroatoms. The van der Waals surface area contributed by atoms with E-state index >= 15 is 4.79 Å². The molecule has 10 amide bonds. The first-order chi connectivity index (χ1) is 58.9. The Bertz CT molecular complexity index is 4630. The summed E-state index contributed by atoms with van der Waals surface area (Å²) in [5.74, 6) is -10.6. The van der Waals surface area contributed by atoms with E-state index in [1.807, 2.05) is 25.1 Å². The van der Waals surface area contributed by atoms with Crippen LogP contribution in [0.3, 0.4) is 0 Å². The minimum atomic E-state index is -1.94. The number of carboxylic acids is 1. The molecule has 34 nitrogen and oxygen atoms in total. The molecule has 124 heavy (non-hydrogen) atoms. The molecule has 17 N–H and O–H groups in total. The summed E-state index contributed by atoms with van der Waals surface area (Å²) < 4.78 is 29.0.